The normalized spacial score (nSPS) is 10.4. The van der Waals surface area contributed by atoms with Gasteiger partial charge in [0.15, 0.2) is 23.0 Å². The summed E-state index contributed by atoms with van der Waals surface area (Å²) in [4.78, 5) is 14.3. The number of benzene rings is 2. The van der Waals surface area contributed by atoms with Crippen LogP contribution in [0, 0.1) is 6.92 Å². The molecular weight excluding hydrogens is 358 g/mol. The highest BCUT2D eigenvalue weighted by Gasteiger charge is 2.14. The number of amides is 1. The molecule has 152 valence electrons. The molecule has 0 atom stereocenters. The zero-order valence-electron chi connectivity index (χ0n) is 17.5. The first-order chi connectivity index (χ1) is 13.4. The molecule has 1 amide bonds. The summed E-state index contributed by atoms with van der Waals surface area (Å²) < 4.78 is 21.3. The number of hydrogen-bond donors (Lipinski definition) is 0. The average Bonchev–Trinajstić information content (AvgIpc) is 2.72. The van der Waals surface area contributed by atoms with Gasteiger partial charge in [-0.2, -0.15) is 0 Å². The number of methoxy groups -OCH3 is 4. The lowest BCUT2D eigenvalue weighted by Gasteiger charge is -2.20. The Balaban J connectivity index is 2.02. The molecule has 0 aliphatic heterocycles. The molecule has 0 radical (unpaired) electrons. The minimum absolute atomic E-state index is 0.0731. The average molecular weight is 387 g/mol. The topological polar surface area (TPSA) is 57.2 Å². The van der Waals surface area contributed by atoms with Crippen LogP contribution in [0.4, 0.5) is 0 Å². The molecule has 0 aromatic heterocycles. The Kier molecular flexibility index (Phi) is 7.55. The van der Waals surface area contributed by atoms with Gasteiger partial charge in [-0.25, -0.2) is 0 Å². The first kappa shape index (κ1) is 21.4. The van der Waals surface area contributed by atoms with Crippen LogP contribution in [0.3, 0.4) is 0 Å². The van der Waals surface area contributed by atoms with E-state index >= 15 is 0 Å². The lowest BCUT2D eigenvalue weighted by molar-refractivity contribution is -0.130. The Morgan fingerprint density at radius 2 is 1.43 bits per heavy atom. The zero-order chi connectivity index (χ0) is 20.7. The maximum Gasteiger partial charge on any atom is 0.222 e. The predicted molar refractivity (Wildman–Crippen MR) is 109 cm³/mol. The lowest BCUT2D eigenvalue weighted by Crippen LogP contribution is -2.26. The van der Waals surface area contributed by atoms with E-state index < -0.39 is 0 Å². The molecule has 2 aromatic carbocycles. The van der Waals surface area contributed by atoms with Crippen molar-refractivity contribution in [2.45, 2.75) is 26.3 Å². The van der Waals surface area contributed by atoms with Gasteiger partial charge in [-0.3, -0.25) is 4.79 Å². The number of ether oxygens (including phenoxy) is 4. The summed E-state index contributed by atoms with van der Waals surface area (Å²) in [7, 11) is 8.24. The third-order valence-corrected chi connectivity index (χ3v) is 4.75. The van der Waals surface area contributed by atoms with Crippen LogP contribution in [0.25, 0.3) is 0 Å². The molecule has 0 aliphatic carbocycles. The maximum atomic E-state index is 12.6. The molecule has 0 bridgehead atoms. The molecule has 6 heteroatoms. The van der Waals surface area contributed by atoms with E-state index in [1.54, 1.807) is 33.3 Å². The molecule has 0 aliphatic rings. The second kappa shape index (κ2) is 9.88. The van der Waals surface area contributed by atoms with Crippen LogP contribution in [0.2, 0.25) is 0 Å². The molecule has 0 saturated carbocycles. The van der Waals surface area contributed by atoms with E-state index in [4.69, 9.17) is 18.9 Å². The summed E-state index contributed by atoms with van der Waals surface area (Å²) >= 11 is 0. The van der Waals surface area contributed by atoms with Crippen molar-refractivity contribution in [3.8, 4) is 23.0 Å². The van der Waals surface area contributed by atoms with Gasteiger partial charge in [0, 0.05) is 20.0 Å². The standard InChI is InChI=1S/C22H29NO5/c1-15-11-19(26-4)21(28-6)13-17(15)14-23(2)22(24)10-8-16-7-9-18(25-3)20(12-16)27-5/h7,9,11-13H,8,10,14H2,1-6H3. The fourth-order valence-electron chi connectivity index (χ4n) is 3.02. The fraction of sp³-hybridized carbons (Fsp3) is 0.409. The van der Waals surface area contributed by atoms with Crippen LogP contribution >= 0.6 is 0 Å². The molecule has 0 fully saturated rings. The minimum atomic E-state index is 0.0731. The molecule has 0 spiro atoms. The quantitative estimate of drug-likeness (QED) is 0.658. The first-order valence-corrected chi connectivity index (χ1v) is 9.09. The highest BCUT2D eigenvalue weighted by molar-refractivity contribution is 5.76. The summed E-state index contributed by atoms with van der Waals surface area (Å²) in [5.41, 5.74) is 3.11. The molecule has 0 heterocycles. The number of rotatable bonds is 9. The number of aryl methyl sites for hydroxylation is 2. The third-order valence-electron chi connectivity index (χ3n) is 4.75. The predicted octanol–water partition coefficient (Wildman–Crippen LogP) is 3.62. The monoisotopic (exact) mass is 387 g/mol. The highest BCUT2D eigenvalue weighted by atomic mass is 16.5. The Hall–Kier alpha value is -2.89. The van der Waals surface area contributed by atoms with E-state index in [2.05, 4.69) is 0 Å². The molecule has 0 saturated heterocycles. The Morgan fingerprint density at radius 1 is 0.857 bits per heavy atom. The molecular formula is C22H29NO5. The van der Waals surface area contributed by atoms with E-state index in [-0.39, 0.29) is 5.91 Å². The van der Waals surface area contributed by atoms with Crippen LogP contribution < -0.4 is 18.9 Å². The Bertz CT molecular complexity index is 819. The minimum Gasteiger partial charge on any atom is -0.493 e. The second-order valence-corrected chi connectivity index (χ2v) is 6.57. The summed E-state index contributed by atoms with van der Waals surface area (Å²) in [6, 6.07) is 9.56. The lowest BCUT2D eigenvalue weighted by atomic mass is 10.1. The largest absolute Gasteiger partial charge is 0.493 e. The molecule has 28 heavy (non-hydrogen) atoms. The summed E-state index contributed by atoms with van der Waals surface area (Å²) in [5.74, 6) is 2.77. The molecule has 0 N–H and O–H groups in total. The summed E-state index contributed by atoms with van der Waals surface area (Å²) in [6.45, 7) is 2.51. The maximum absolute atomic E-state index is 12.6. The van der Waals surface area contributed by atoms with Crippen molar-refractivity contribution in [3.63, 3.8) is 0 Å². The van der Waals surface area contributed by atoms with E-state index in [1.165, 1.54) is 0 Å². The molecule has 2 aromatic rings. The first-order valence-electron chi connectivity index (χ1n) is 9.09. The van der Waals surface area contributed by atoms with Crippen molar-refractivity contribution in [1.29, 1.82) is 0 Å². The summed E-state index contributed by atoms with van der Waals surface area (Å²) in [6.07, 6.45) is 1.05. The van der Waals surface area contributed by atoms with Crippen LogP contribution in [0.15, 0.2) is 30.3 Å². The Morgan fingerprint density at radius 3 is 2.04 bits per heavy atom. The van der Waals surface area contributed by atoms with Crippen molar-refractivity contribution in [1.82, 2.24) is 4.90 Å². The Labute approximate surface area is 167 Å². The summed E-state index contributed by atoms with van der Waals surface area (Å²) in [5, 5.41) is 0. The number of carbonyl (C=O) groups is 1. The van der Waals surface area contributed by atoms with Crippen LogP contribution in [-0.4, -0.2) is 46.3 Å². The van der Waals surface area contributed by atoms with E-state index in [1.807, 2.05) is 44.3 Å². The van der Waals surface area contributed by atoms with Crippen LogP contribution in [0.1, 0.15) is 23.1 Å². The van der Waals surface area contributed by atoms with E-state index in [9.17, 15) is 4.79 Å². The van der Waals surface area contributed by atoms with Crippen molar-refractivity contribution < 1.29 is 23.7 Å². The van der Waals surface area contributed by atoms with E-state index in [0.29, 0.717) is 42.4 Å². The van der Waals surface area contributed by atoms with Gasteiger partial charge >= 0.3 is 0 Å². The van der Waals surface area contributed by atoms with Gasteiger partial charge in [0.2, 0.25) is 5.91 Å². The molecule has 0 unspecified atom stereocenters. The van der Waals surface area contributed by atoms with Gasteiger partial charge in [-0.15, -0.1) is 0 Å². The smallest absolute Gasteiger partial charge is 0.222 e. The number of carbonyl (C=O) groups excluding carboxylic acids is 1. The molecule has 6 nitrogen and oxygen atoms in total. The third kappa shape index (κ3) is 5.09. The van der Waals surface area contributed by atoms with Gasteiger partial charge in [-0.05, 0) is 54.3 Å². The zero-order valence-corrected chi connectivity index (χ0v) is 17.5. The van der Waals surface area contributed by atoms with Gasteiger partial charge in [0.25, 0.3) is 0 Å². The number of nitrogens with zero attached hydrogens (tertiary/aromatic N) is 1. The second-order valence-electron chi connectivity index (χ2n) is 6.57. The SMILES string of the molecule is COc1ccc(CCC(=O)N(C)Cc2cc(OC)c(OC)cc2C)cc1OC. The van der Waals surface area contributed by atoms with Gasteiger partial charge in [0.05, 0.1) is 28.4 Å². The van der Waals surface area contributed by atoms with Crippen molar-refractivity contribution >= 4 is 5.91 Å². The van der Waals surface area contributed by atoms with Crippen molar-refractivity contribution in [3.05, 3.63) is 47.0 Å². The van der Waals surface area contributed by atoms with Crippen LogP contribution in [-0.2, 0) is 17.8 Å². The highest BCUT2D eigenvalue weighted by Crippen LogP contribution is 2.31. The van der Waals surface area contributed by atoms with Crippen LogP contribution in [0.5, 0.6) is 23.0 Å². The van der Waals surface area contributed by atoms with Gasteiger partial charge in [-0.1, -0.05) is 6.07 Å². The van der Waals surface area contributed by atoms with Gasteiger partial charge in [0.1, 0.15) is 0 Å². The van der Waals surface area contributed by atoms with Gasteiger partial charge < -0.3 is 23.8 Å². The number of hydrogen-bond acceptors (Lipinski definition) is 5. The molecule has 2 rings (SSSR count). The van der Waals surface area contributed by atoms with Crippen molar-refractivity contribution in [2.24, 2.45) is 0 Å². The fourth-order valence-corrected chi connectivity index (χ4v) is 3.02. The van der Waals surface area contributed by atoms with Crippen molar-refractivity contribution in [2.75, 3.05) is 35.5 Å². The van der Waals surface area contributed by atoms with E-state index in [0.717, 1.165) is 16.7 Å².